The highest BCUT2D eigenvalue weighted by Gasteiger charge is 2.40. The van der Waals surface area contributed by atoms with Crippen molar-refractivity contribution in [3.63, 3.8) is 0 Å². The molecule has 2 aromatic rings. The van der Waals surface area contributed by atoms with E-state index in [0.29, 0.717) is 28.6 Å². The van der Waals surface area contributed by atoms with E-state index in [2.05, 4.69) is 21.2 Å². The number of benzene rings is 2. The Labute approximate surface area is 157 Å². The fourth-order valence-corrected chi connectivity index (χ4v) is 3.82. The zero-order chi connectivity index (χ0) is 19.1. The topological polar surface area (TPSA) is 55.1 Å². The molecule has 26 heavy (non-hydrogen) atoms. The van der Waals surface area contributed by atoms with Crippen molar-refractivity contribution < 1.29 is 18.0 Å². The third-order valence-corrected chi connectivity index (χ3v) is 5.56. The molecule has 3 nitrogen and oxygen atoms in total. The number of anilines is 1. The minimum absolute atomic E-state index is 0.229. The summed E-state index contributed by atoms with van der Waals surface area (Å²) in [4.78, 5) is 12.7. The van der Waals surface area contributed by atoms with E-state index in [-0.39, 0.29) is 23.4 Å². The molecule has 1 aliphatic carbocycles. The lowest BCUT2D eigenvalue weighted by molar-refractivity contribution is -0.138. The first-order chi connectivity index (χ1) is 12.2. The number of aryl methyl sites for hydroxylation is 1. The fourth-order valence-electron chi connectivity index (χ4n) is 3.29. The average molecular weight is 427 g/mol. The van der Waals surface area contributed by atoms with Gasteiger partial charge in [-0.15, -0.1) is 0 Å². The van der Waals surface area contributed by atoms with Gasteiger partial charge in [0, 0.05) is 22.1 Å². The van der Waals surface area contributed by atoms with E-state index in [1.54, 1.807) is 25.1 Å². The molecule has 0 spiro atoms. The summed E-state index contributed by atoms with van der Waals surface area (Å²) in [5, 5.41) is 2.85. The highest BCUT2D eigenvalue weighted by Crippen LogP contribution is 2.43. The van der Waals surface area contributed by atoms with Gasteiger partial charge in [0.2, 0.25) is 0 Å². The summed E-state index contributed by atoms with van der Waals surface area (Å²) < 4.78 is 40.4. The number of alkyl halides is 3. The summed E-state index contributed by atoms with van der Waals surface area (Å²) in [7, 11) is 0. The van der Waals surface area contributed by atoms with Crippen molar-refractivity contribution in [1.82, 2.24) is 5.32 Å². The van der Waals surface area contributed by atoms with Crippen LogP contribution >= 0.6 is 15.9 Å². The van der Waals surface area contributed by atoms with Crippen molar-refractivity contribution in [3.8, 4) is 0 Å². The Morgan fingerprint density at radius 2 is 1.88 bits per heavy atom. The van der Waals surface area contributed by atoms with Gasteiger partial charge in [-0.05, 0) is 59.0 Å². The van der Waals surface area contributed by atoms with Crippen molar-refractivity contribution in [2.75, 3.05) is 5.73 Å². The van der Waals surface area contributed by atoms with Crippen LogP contribution < -0.4 is 11.1 Å². The molecule has 2 atom stereocenters. The molecule has 0 aliphatic heterocycles. The summed E-state index contributed by atoms with van der Waals surface area (Å²) in [6.45, 7) is 1.80. The quantitative estimate of drug-likeness (QED) is 0.675. The lowest BCUT2D eigenvalue weighted by Gasteiger charge is -2.38. The Morgan fingerprint density at radius 3 is 2.50 bits per heavy atom. The van der Waals surface area contributed by atoms with Crippen LogP contribution in [-0.4, -0.2) is 11.9 Å². The van der Waals surface area contributed by atoms with E-state index in [0.717, 1.165) is 11.6 Å². The van der Waals surface area contributed by atoms with E-state index < -0.39 is 11.7 Å². The van der Waals surface area contributed by atoms with E-state index in [4.69, 9.17) is 5.73 Å². The van der Waals surface area contributed by atoms with Crippen LogP contribution in [0, 0.1) is 6.92 Å². The first-order valence-corrected chi connectivity index (χ1v) is 9.01. The number of amides is 1. The minimum Gasteiger partial charge on any atom is -0.398 e. The number of hydrogen-bond donors (Lipinski definition) is 2. The van der Waals surface area contributed by atoms with Gasteiger partial charge in [0.25, 0.3) is 5.91 Å². The van der Waals surface area contributed by atoms with Gasteiger partial charge in [-0.1, -0.05) is 24.3 Å². The molecule has 1 amide bonds. The van der Waals surface area contributed by atoms with E-state index in [1.165, 1.54) is 12.1 Å². The molecular weight excluding hydrogens is 409 g/mol. The van der Waals surface area contributed by atoms with Crippen molar-refractivity contribution >= 4 is 27.5 Å². The largest absolute Gasteiger partial charge is 0.416 e. The minimum atomic E-state index is -4.41. The molecule has 2 aromatic carbocycles. The highest BCUT2D eigenvalue weighted by molar-refractivity contribution is 9.10. The van der Waals surface area contributed by atoms with Crippen LogP contribution in [0.15, 0.2) is 40.9 Å². The van der Waals surface area contributed by atoms with Crippen LogP contribution in [0.3, 0.4) is 0 Å². The lowest BCUT2D eigenvalue weighted by atomic mass is 9.73. The normalized spacial score (nSPS) is 19.7. The number of carbonyl (C=O) groups excluding carboxylic acids is 1. The first kappa shape index (κ1) is 18.8. The fraction of sp³-hybridized carbons (Fsp3) is 0.316. The standard InChI is InChI=1S/C19H18BrF3N2O/c1-10-6-8-14(20)16(17(10)24)18(26)25-15-9-7-12(15)11-4-2-3-5-13(11)19(21,22)23/h2-6,8,12,15H,7,9,24H2,1H3,(H,25,26). The Bertz CT molecular complexity index is 851. The zero-order valence-corrected chi connectivity index (χ0v) is 15.6. The third kappa shape index (κ3) is 3.45. The molecular formula is C19H18BrF3N2O. The second-order valence-corrected chi connectivity index (χ2v) is 7.36. The van der Waals surface area contributed by atoms with Crippen LogP contribution in [0.25, 0.3) is 0 Å². The van der Waals surface area contributed by atoms with E-state index in [9.17, 15) is 18.0 Å². The predicted molar refractivity (Wildman–Crippen MR) is 98.0 cm³/mol. The molecule has 0 aromatic heterocycles. The van der Waals surface area contributed by atoms with Gasteiger partial charge in [0.05, 0.1) is 11.1 Å². The van der Waals surface area contributed by atoms with Gasteiger partial charge in [0.1, 0.15) is 0 Å². The number of nitrogens with one attached hydrogen (secondary N) is 1. The number of rotatable bonds is 3. The Balaban J connectivity index is 1.84. The number of halogens is 4. The Morgan fingerprint density at radius 1 is 1.19 bits per heavy atom. The van der Waals surface area contributed by atoms with Gasteiger partial charge in [-0.3, -0.25) is 4.79 Å². The maximum absolute atomic E-state index is 13.3. The van der Waals surface area contributed by atoms with Crippen molar-refractivity contribution in [2.24, 2.45) is 0 Å². The van der Waals surface area contributed by atoms with Crippen LogP contribution in [-0.2, 0) is 6.18 Å². The van der Waals surface area contributed by atoms with E-state index in [1.807, 2.05) is 0 Å². The van der Waals surface area contributed by atoms with Crippen molar-refractivity contribution in [1.29, 1.82) is 0 Å². The molecule has 2 unspecified atom stereocenters. The molecule has 0 radical (unpaired) electrons. The Hall–Kier alpha value is -2.02. The molecule has 1 aliphatic rings. The molecule has 1 saturated carbocycles. The van der Waals surface area contributed by atoms with Crippen LogP contribution in [0.4, 0.5) is 18.9 Å². The lowest BCUT2D eigenvalue weighted by Crippen LogP contribution is -2.46. The number of nitrogen functional groups attached to an aromatic ring is 1. The van der Waals surface area contributed by atoms with Gasteiger partial charge in [-0.25, -0.2) is 0 Å². The zero-order valence-electron chi connectivity index (χ0n) is 14.0. The second kappa shape index (κ2) is 6.95. The third-order valence-electron chi connectivity index (χ3n) is 4.90. The first-order valence-electron chi connectivity index (χ1n) is 8.21. The smallest absolute Gasteiger partial charge is 0.398 e. The van der Waals surface area contributed by atoms with Crippen LogP contribution in [0.1, 0.15) is 45.8 Å². The van der Waals surface area contributed by atoms with Gasteiger partial charge in [0.15, 0.2) is 0 Å². The maximum Gasteiger partial charge on any atom is 0.416 e. The average Bonchev–Trinajstić information content (AvgIpc) is 2.55. The van der Waals surface area contributed by atoms with Crippen LogP contribution in [0.5, 0.6) is 0 Å². The summed E-state index contributed by atoms with van der Waals surface area (Å²) in [5.74, 6) is -0.737. The van der Waals surface area contributed by atoms with Crippen molar-refractivity contribution in [3.05, 3.63) is 63.1 Å². The monoisotopic (exact) mass is 426 g/mol. The SMILES string of the molecule is Cc1ccc(Br)c(C(=O)NC2CCC2c2ccccc2C(F)(F)F)c1N. The molecule has 138 valence electrons. The van der Waals surface area contributed by atoms with Gasteiger partial charge in [-0.2, -0.15) is 13.2 Å². The van der Waals surface area contributed by atoms with Gasteiger partial charge < -0.3 is 11.1 Å². The molecule has 3 N–H and O–H groups in total. The second-order valence-electron chi connectivity index (χ2n) is 6.50. The molecule has 0 saturated heterocycles. The highest BCUT2D eigenvalue weighted by atomic mass is 79.9. The number of nitrogens with two attached hydrogens (primary N) is 1. The van der Waals surface area contributed by atoms with Crippen molar-refractivity contribution in [2.45, 2.75) is 37.9 Å². The van der Waals surface area contributed by atoms with Gasteiger partial charge >= 0.3 is 6.18 Å². The van der Waals surface area contributed by atoms with Crippen LogP contribution in [0.2, 0.25) is 0 Å². The maximum atomic E-state index is 13.3. The summed E-state index contributed by atoms with van der Waals surface area (Å²) in [6, 6.07) is 8.72. The molecule has 1 fully saturated rings. The number of carbonyl (C=O) groups is 1. The molecule has 0 bridgehead atoms. The summed E-state index contributed by atoms with van der Waals surface area (Å²) in [6.07, 6.45) is -3.18. The summed E-state index contributed by atoms with van der Waals surface area (Å²) in [5.41, 5.74) is 7.05. The molecule has 7 heteroatoms. The predicted octanol–water partition coefficient (Wildman–Crippen LogP) is 5.03. The van der Waals surface area contributed by atoms with E-state index >= 15 is 0 Å². The molecule has 3 rings (SSSR count). The summed E-state index contributed by atoms with van der Waals surface area (Å²) >= 11 is 3.32. The number of hydrogen-bond acceptors (Lipinski definition) is 2. The molecule has 0 heterocycles. The Kier molecular flexibility index (Phi) is 5.01.